The molecule has 0 aromatic rings. The van der Waals surface area contributed by atoms with Gasteiger partial charge in [-0.1, -0.05) is 12.8 Å². The zero-order chi connectivity index (χ0) is 7.40. The van der Waals surface area contributed by atoms with Crippen LogP contribution in [-0.2, 0) is 4.74 Å². The van der Waals surface area contributed by atoms with Crippen LogP contribution >= 0.6 is 0 Å². The molecule has 1 rings (SSSR count). The molecule has 58 valence electrons. The van der Waals surface area contributed by atoms with Crippen LogP contribution in [0.2, 0.25) is 0 Å². The first-order valence-electron chi connectivity index (χ1n) is 3.89. The first-order chi connectivity index (χ1) is 4.88. The quantitative estimate of drug-likeness (QED) is 0.403. The third kappa shape index (κ3) is 1.49. The summed E-state index contributed by atoms with van der Waals surface area (Å²) in [6.45, 7) is 0. The molecule has 0 bridgehead atoms. The lowest BCUT2D eigenvalue weighted by Gasteiger charge is -2.09. The van der Waals surface area contributed by atoms with Crippen LogP contribution in [0.5, 0.6) is 0 Å². The minimum Gasteiger partial charge on any atom is -0.484 e. The minimum atomic E-state index is 0.620. The predicted octanol–water partition coefficient (Wildman–Crippen LogP) is 1.85. The largest absolute Gasteiger partial charge is 0.484 e. The van der Waals surface area contributed by atoms with Gasteiger partial charge in [0.1, 0.15) is 0 Å². The average Bonchev–Trinajstić information content (AvgIpc) is 2.43. The van der Waals surface area contributed by atoms with Crippen LogP contribution in [0.15, 0.2) is 4.99 Å². The summed E-state index contributed by atoms with van der Waals surface area (Å²) in [5, 5.41) is 0. The van der Waals surface area contributed by atoms with Gasteiger partial charge in [0, 0.05) is 13.0 Å². The SMILES string of the molecule is C/N=C(\OC)C1CCCC1. The lowest BCUT2D eigenvalue weighted by Crippen LogP contribution is -2.12. The van der Waals surface area contributed by atoms with Crippen molar-refractivity contribution in [2.75, 3.05) is 14.2 Å². The van der Waals surface area contributed by atoms with Crippen LogP contribution in [-0.4, -0.2) is 20.1 Å². The van der Waals surface area contributed by atoms with Crippen molar-refractivity contribution in [1.82, 2.24) is 0 Å². The molecule has 0 amide bonds. The number of hydrogen-bond donors (Lipinski definition) is 0. The van der Waals surface area contributed by atoms with Crippen LogP contribution in [0.25, 0.3) is 0 Å². The van der Waals surface area contributed by atoms with Crippen molar-refractivity contribution < 1.29 is 4.74 Å². The first-order valence-corrected chi connectivity index (χ1v) is 3.89. The maximum atomic E-state index is 5.13. The summed E-state index contributed by atoms with van der Waals surface area (Å²) < 4.78 is 5.13. The van der Waals surface area contributed by atoms with E-state index in [0.717, 1.165) is 5.90 Å². The summed E-state index contributed by atoms with van der Waals surface area (Å²) in [4.78, 5) is 4.08. The van der Waals surface area contributed by atoms with Crippen LogP contribution in [0.4, 0.5) is 0 Å². The summed E-state index contributed by atoms with van der Waals surface area (Å²) in [7, 11) is 3.51. The molecule has 0 saturated heterocycles. The molecule has 0 heterocycles. The van der Waals surface area contributed by atoms with E-state index in [0.29, 0.717) is 5.92 Å². The van der Waals surface area contributed by atoms with Crippen LogP contribution in [0.3, 0.4) is 0 Å². The van der Waals surface area contributed by atoms with E-state index in [4.69, 9.17) is 4.74 Å². The minimum absolute atomic E-state index is 0.620. The van der Waals surface area contributed by atoms with Crippen molar-refractivity contribution in [2.45, 2.75) is 25.7 Å². The zero-order valence-electron chi connectivity index (χ0n) is 6.76. The molecule has 0 aromatic heterocycles. The van der Waals surface area contributed by atoms with E-state index in [1.165, 1.54) is 25.7 Å². The van der Waals surface area contributed by atoms with Gasteiger partial charge in [0.15, 0.2) is 5.90 Å². The Morgan fingerprint density at radius 1 is 1.40 bits per heavy atom. The molecule has 0 aliphatic heterocycles. The first kappa shape index (κ1) is 7.58. The second kappa shape index (κ2) is 3.59. The van der Waals surface area contributed by atoms with Gasteiger partial charge in [-0.05, 0) is 12.8 Å². The topological polar surface area (TPSA) is 21.6 Å². The highest BCUT2D eigenvalue weighted by atomic mass is 16.5. The molecular formula is C8H15NO. The van der Waals surface area contributed by atoms with Gasteiger partial charge in [-0.15, -0.1) is 0 Å². The Bertz CT molecular complexity index is 125. The van der Waals surface area contributed by atoms with Gasteiger partial charge in [-0.2, -0.15) is 0 Å². The van der Waals surface area contributed by atoms with E-state index in [-0.39, 0.29) is 0 Å². The smallest absolute Gasteiger partial charge is 0.185 e. The zero-order valence-corrected chi connectivity index (χ0v) is 6.76. The van der Waals surface area contributed by atoms with Crippen molar-refractivity contribution in [2.24, 2.45) is 10.9 Å². The fourth-order valence-electron chi connectivity index (χ4n) is 1.61. The van der Waals surface area contributed by atoms with Crippen LogP contribution in [0.1, 0.15) is 25.7 Å². The number of nitrogens with zero attached hydrogens (tertiary/aromatic N) is 1. The average molecular weight is 141 g/mol. The van der Waals surface area contributed by atoms with Gasteiger partial charge in [0.2, 0.25) is 0 Å². The van der Waals surface area contributed by atoms with Gasteiger partial charge in [0.05, 0.1) is 7.11 Å². The Balaban J connectivity index is 2.45. The number of aliphatic imine (C=N–C) groups is 1. The number of methoxy groups -OCH3 is 1. The van der Waals surface area contributed by atoms with E-state index >= 15 is 0 Å². The highest BCUT2D eigenvalue weighted by Crippen LogP contribution is 2.25. The summed E-state index contributed by atoms with van der Waals surface area (Å²) in [6, 6.07) is 0. The molecule has 2 heteroatoms. The molecule has 0 N–H and O–H groups in total. The Morgan fingerprint density at radius 3 is 2.40 bits per heavy atom. The van der Waals surface area contributed by atoms with E-state index in [9.17, 15) is 0 Å². The van der Waals surface area contributed by atoms with Crippen molar-refractivity contribution >= 4 is 5.90 Å². The Hall–Kier alpha value is -0.530. The third-order valence-electron chi connectivity index (χ3n) is 2.13. The van der Waals surface area contributed by atoms with E-state index < -0.39 is 0 Å². The normalized spacial score (nSPS) is 21.6. The van der Waals surface area contributed by atoms with Crippen molar-refractivity contribution in [3.8, 4) is 0 Å². The van der Waals surface area contributed by atoms with Gasteiger partial charge >= 0.3 is 0 Å². The summed E-state index contributed by atoms with van der Waals surface area (Å²) >= 11 is 0. The molecule has 0 spiro atoms. The van der Waals surface area contributed by atoms with E-state index in [1.54, 1.807) is 14.2 Å². The number of rotatable bonds is 1. The summed E-state index contributed by atoms with van der Waals surface area (Å²) in [6.07, 6.45) is 5.21. The van der Waals surface area contributed by atoms with Crippen molar-refractivity contribution in [1.29, 1.82) is 0 Å². The third-order valence-corrected chi connectivity index (χ3v) is 2.13. The second-order valence-corrected chi connectivity index (χ2v) is 2.75. The fourth-order valence-corrected chi connectivity index (χ4v) is 1.61. The van der Waals surface area contributed by atoms with Gasteiger partial charge < -0.3 is 4.74 Å². The Morgan fingerprint density at radius 2 is 2.00 bits per heavy atom. The second-order valence-electron chi connectivity index (χ2n) is 2.75. The van der Waals surface area contributed by atoms with Crippen LogP contribution in [0, 0.1) is 5.92 Å². The van der Waals surface area contributed by atoms with Gasteiger partial charge in [-0.25, -0.2) is 0 Å². The highest BCUT2D eigenvalue weighted by molar-refractivity contribution is 5.78. The van der Waals surface area contributed by atoms with Gasteiger partial charge in [0.25, 0.3) is 0 Å². The molecule has 0 radical (unpaired) electrons. The van der Waals surface area contributed by atoms with Gasteiger partial charge in [-0.3, -0.25) is 4.99 Å². The Kier molecular flexibility index (Phi) is 2.72. The lowest BCUT2D eigenvalue weighted by atomic mass is 10.1. The fraction of sp³-hybridized carbons (Fsp3) is 0.875. The molecule has 1 aliphatic carbocycles. The Labute approximate surface area is 62.3 Å². The van der Waals surface area contributed by atoms with E-state index in [2.05, 4.69) is 4.99 Å². The molecule has 0 unspecified atom stereocenters. The maximum absolute atomic E-state index is 5.13. The molecular weight excluding hydrogens is 126 g/mol. The monoisotopic (exact) mass is 141 g/mol. The predicted molar refractivity (Wildman–Crippen MR) is 42.3 cm³/mol. The molecule has 1 fully saturated rings. The van der Waals surface area contributed by atoms with Crippen LogP contribution < -0.4 is 0 Å². The highest BCUT2D eigenvalue weighted by Gasteiger charge is 2.20. The van der Waals surface area contributed by atoms with Crippen molar-refractivity contribution in [3.05, 3.63) is 0 Å². The molecule has 0 aromatic carbocycles. The molecule has 2 nitrogen and oxygen atoms in total. The summed E-state index contributed by atoms with van der Waals surface area (Å²) in [5.41, 5.74) is 0. The lowest BCUT2D eigenvalue weighted by molar-refractivity contribution is 0.365. The molecule has 1 aliphatic rings. The molecule has 0 atom stereocenters. The standard InChI is InChI=1S/C8H15NO/c1-9-8(10-2)7-5-3-4-6-7/h7H,3-6H2,1-2H3/b9-8-. The maximum Gasteiger partial charge on any atom is 0.185 e. The van der Waals surface area contributed by atoms with Crippen molar-refractivity contribution in [3.63, 3.8) is 0 Å². The number of ether oxygens (including phenoxy) is 1. The molecule has 1 saturated carbocycles. The number of hydrogen-bond acceptors (Lipinski definition) is 2. The molecule has 10 heavy (non-hydrogen) atoms. The summed E-state index contributed by atoms with van der Waals surface area (Å²) in [5.74, 6) is 1.56. The van der Waals surface area contributed by atoms with E-state index in [1.807, 2.05) is 0 Å².